The molecule has 1 spiro atoms. The SMILES string of the molecule is CCOC(=O)[C@]12O[C@@]3(C(C)CCCC3CC1=O)[C@@]1(Cl)C(=O)c3ccccc3C(=O)[C@@]21Cl. The second-order valence-corrected chi connectivity index (χ2v) is 10.1. The molecule has 3 fully saturated rings. The summed E-state index contributed by atoms with van der Waals surface area (Å²) in [5.74, 6) is -3.80. The van der Waals surface area contributed by atoms with E-state index in [-0.39, 0.29) is 30.1 Å². The number of hydrogen-bond donors (Lipinski definition) is 0. The molecular formula is C23H22Cl2O6. The molecule has 2 aliphatic heterocycles. The minimum atomic E-state index is -2.48. The van der Waals surface area contributed by atoms with Gasteiger partial charge in [0.05, 0.1) is 6.61 Å². The fraction of sp³-hybridized carbons (Fsp3) is 0.565. The van der Waals surface area contributed by atoms with E-state index in [0.29, 0.717) is 12.8 Å². The van der Waals surface area contributed by atoms with Gasteiger partial charge in [-0.05, 0) is 31.6 Å². The average molecular weight is 465 g/mol. The third kappa shape index (κ3) is 1.97. The van der Waals surface area contributed by atoms with Crippen molar-refractivity contribution in [3.8, 4) is 0 Å². The summed E-state index contributed by atoms with van der Waals surface area (Å²) in [5, 5.41) is 0. The summed E-state index contributed by atoms with van der Waals surface area (Å²) in [4.78, 5) is 50.3. The van der Waals surface area contributed by atoms with Gasteiger partial charge in [0, 0.05) is 17.5 Å². The minimum absolute atomic E-state index is 0.0304. The molecule has 164 valence electrons. The molecule has 2 aliphatic carbocycles. The molecular weight excluding hydrogens is 443 g/mol. The van der Waals surface area contributed by atoms with Gasteiger partial charge in [0.1, 0.15) is 5.60 Å². The van der Waals surface area contributed by atoms with Crippen molar-refractivity contribution < 1.29 is 28.7 Å². The van der Waals surface area contributed by atoms with Crippen molar-refractivity contribution in [2.75, 3.05) is 6.61 Å². The Morgan fingerprint density at radius 1 is 1.10 bits per heavy atom. The molecule has 0 N–H and O–H groups in total. The summed E-state index contributed by atoms with van der Waals surface area (Å²) in [7, 11) is 0. The van der Waals surface area contributed by atoms with Crippen LogP contribution in [0.5, 0.6) is 0 Å². The number of benzene rings is 1. The lowest BCUT2D eigenvalue weighted by molar-refractivity contribution is -0.217. The largest absolute Gasteiger partial charge is 0.463 e. The Hall–Kier alpha value is -1.76. The highest BCUT2D eigenvalue weighted by molar-refractivity contribution is 6.58. The molecule has 2 bridgehead atoms. The van der Waals surface area contributed by atoms with Crippen LogP contribution in [0.15, 0.2) is 24.3 Å². The predicted molar refractivity (Wildman–Crippen MR) is 112 cm³/mol. The highest BCUT2D eigenvalue weighted by atomic mass is 35.5. The number of ketones is 3. The van der Waals surface area contributed by atoms with Crippen LogP contribution in [0.4, 0.5) is 0 Å². The predicted octanol–water partition coefficient (Wildman–Crippen LogP) is 3.50. The van der Waals surface area contributed by atoms with Gasteiger partial charge in [0.25, 0.3) is 5.60 Å². The molecule has 2 saturated heterocycles. The topological polar surface area (TPSA) is 86.7 Å². The molecule has 1 aromatic carbocycles. The van der Waals surface area contributed by atoms with Gasteiger partial charge in [0.15, 0.2) is 27.1 Å². The molecule has 4 aliphatic rings. The maximum Gasteiger partial charge on any atom is 0.348 e. The van der Waals surface area contributed by atoms with E-state index >= 15 is 0 Å². The number of carbonyl (C=O) groups is 4. The van der Waals surface area contributed by atoms with Crippen LogP contribution < -0.4 is 0 Å². The van der Waals surface area contributed by atoms with Gasteiger partial charge in [-0.1, -0.05) is 37.6 Å². The molecule has 6 atom stereocenters. The Kier molecular flexibility index (Phi) is 4.35. The van der Waals surface area contributed by atoms with Crippen molar-refractivity contribution in [1.29, 1.82) is 0 Å². The Balaban J connectivity index is 1.91. The molecule has 0 aromatic heterocycles. The fourth-order valence-electron chi connectivity index (χ4n) is 6.51. The van der Waals surface area contributed by atoms with E-state index in [1.54, 1.807) is 19.1 Å². The number of rotatable bonds is 2. The van der Waals surface area contributed by atoms with Gasteiger partial charge in [-0.15, -0.1) is 23.2 Å². The Morgan fingerprint density at radius 3 is 2.32 bits per heavy atom. The van der Waals surface area contributed by atoms with Gasteiger partial charge in [-0.3, -0.25) is 14.4 Å². The van der Waals surface area contributed by atoms with Gasteiger partial charge in [0.2, 0.25) is 0 Å². The number of hydrogen-bond acceptors (Lipinski definition) is 6. The third-order valence-corrected chi connectivity index (χ3v) is 9.35. The number of ether oxygens (including phenoxy) is 2. The highest BCUT2D eigenvalue weighted by Gasteiger charge is 2.93. The number of alkyl halides is 2. The van der Waals surface area contributed by atoms with Crippen LogP contribution in [0.3, 0.4) is 0 Å². The molecule has 2 heterocycles. The first-order chi connectivity index (χ1) is 14.6. The van der Waals surface area contributed by atoms with Crippen LogP contribution in [0, 0.1) is 11.8 Å². The van der Waals surface area contributed by atoms with Crippen LogP contribution in [-0.2, 0) is 19.1 Å². The van der Waals surface area contributed by atoms with Crippen LogP contribution in [-0.4, -0.2) is 50.9 Å². The zero-order chi connectivity index (χ0) is 22.4. The van der Waals surface area contributed by atoms with Crippen LogP contribution in [0.25, 0.3) is 0 Å². The molecule has 5 rings (SSSR count). The lowest BCUT2D eigenvalue weighted by Crippen LogP contribution is -2.73. The van der Waals surface area contributed by atoms with Gasteiger partial charge >= 0.3 is 5.97 Å². The second-order valence-electron chi connectivity index (χ2n) is 8.97. The van der Waals surface area contributed by atoms with Gasteiger partial charge in [-0.25, -0.2) is 4.79 Å². The van der Waals surface area contributed by atoms with E-state index in [4.69, 9.17) is 32.7 Å². The number of esters is 1. The molecule has 8 heteroatoms. The maximum absolute atomic E-state index is 14.0. The van der Waals surface area contributed by atoms with Crippen molar-refractivity contribution in [3.63, 3.8) is 0 Å². The summed E-state index contributed by atoms with van der Waals surface area (Å²) in [6, 6.07) is 6.22. The van der Waals surface area contributed by atoms with E-state index < -0.39 is 50.2 Å². The number of Topliss-reactive ketones (excluding diaryl/α,β-unsaturated/α-hetero) is 3. The summed E-state index contributed by atoms with van der Waals surface area (Å²) in [6.45, 7) is 3.41. The fourth-order valence-corrected chi connectivity index (χ4v) is 7.77. The quantitative estimate of drug-likeness (QED) is 0.378. The van der Waals surface area contributed by atoms with E-state index in [9.17, 15) is 19.2 Å². The molecule has 1 aromatic rings. The second kappa shape index (κ2) is 6.40. The van der Waals surface area contributed by atoms with Crippen molar-refractivity contribution in [2.24, 2.45) is 11.8 Å². The lowest BCUT2D eigenvalue weighted by atomic mass is 9.56. The smallest absolute Gasteiger partial charge is 0.348 e. The van der Waals surface area contributed by atoms with Crippen LogP contribution >= 0.6 is 23.2 Å². The Bertz CT molecular complexity index is 1050. The first-order valence-electron chi connectivity index (χ1n) is 10.6. The zero-order valence-electron chi connectivity index (χ0n) is 17.2. The van der Waals surface area contributed by atoms with Crippen molar-refractivity contribution >= 4 is 46.5 Å². The van der Waals surface area contributed by atoms with Crippen molar-refractivity contribution in [2.45, 2.75) is 60.5 Å². The van der Waals surface area contributed by atoms with Crippen molar-refractivity contribution in [1.82, 2.24) is 0 Å². The van der Waals surface area contributed by atoms with E-state index in [1.807, 2.05) is 6.92 Å². The van der Waals surface area contributed by atoms with Crippen molar-refractivity contribution in [3.05, 3.63) is 35.4 Å². The number of halogens is 2. The van der Waals surface area contributed by atoms with Gasteiger partial charge < -0.3 is 9.47 Å². The Labute approximate surface area is 189 Å². The Morgan fingerprint density at radius 2 is 1.71 bits per heavy atom. The summed E-state index contributed by atoms with van der Waals surface area (Å²) in [6.07, 6.45) is 2.01. The third-order valence-electron chi connectivity index (χ3n) is 7.78. The zero-order valence-corrected chi connectivity index (χ0v) is 18.7. The van der Waals surface area contributed by atoms with E-state index in [2.05, 4.69) is 0 Å². The molecule has 2 unspecified atom stereocenters. The van der Waals surface area contributed by atoms with E-state index in [1.165, 1.54) is 12.1 Å². The van der Waals surface area contributed by atoms with E-state index in [0.717, 1.165) is 6.42 Å². The number of fused-ring (bicyclic) bond motifs is 4. The molecule has 1 saturated carbocycles. The monoisotopic (exact) mass is 464 g/mol. The maximum atomic E-state index is 14.0. The standard InChI is InChI=1S/C23H22Cl2O6/c1-3-30-19(29)21-16(26)11-13-8-6-7-12(2)20(13,31-21)22(24)17(27)14-9-4-5-10-15(14)18(28)23(21,22)25/h4-5,9-10,12-13H,3,6-8,11H2,1-2H3/t12?,13?,20-,21-,22+,23-/m1/s1. The number of carbonyl (C=O) groups excluding carboxylic acids is 4. The normalized spacial score (nSPS) is 43.2. The first kappa shape index (κ1) is 21.1. The minimum Gasteiger partial charge on any atom is -0.463 e. The molecule has 6 nitrogen and oxygen atoms in total. The summed E-state index contributed by atoms with van der Waals surface area (Å²) < 4.78 is 11.6. The lowest BCUT2D eigenvalue weighted by Gasteiger charge is -2.54. The van der Waals surface area contributed by atoms with Crippen LogP contribution in [0.1, 0.15) is 60.2 Å². The summed E-state index contributed by atoms with van der Waals surface area (Å²) in [5.41, 5.74) is -3.76. The first-order valence-corrected chi connectivity index (χ1v) is 11.4. The molecule has 0 amide bonds. The average Bonchev–Trinajstić information content (AvgIpc) is 2.93. The van der Waals surface area contributed by atoms with Crippen LogP contribution in [0.2, 0.25) is 0 Å². The molecule has 31 heavy (non-hydrogen) atoms. The highest BCUT2D eigenvalue weighted by Crippen LogP contribution is 2.72. The summed E-state index contributed by atoms with van der Waals surface area (Å²) >= 11 is 14.4. The van der Waals surface area contributed by atoms with Gasteiger partial charge in [-0.2, -0.15) is 0 Å². The molecule has 0 radical (unpaired) electrons.